The lowest BCUT2D eigenvalue weighted by atomic mass is 10.7. The van der Waals surface area contributed by atoms with E-state index in [1.807, 2.05) is 0 Å². The Morgan fingerprint density at radius 2 is 2.33 bits per heavy atom. The van der Waals surface area contributed by atoms with E-state index in [4.69, 9.17) is 16.2 Å². The maximum atomic E-state index is 10.2. The van der Waals surface area contributed by atoms with Gasteiger partial charge in [-0.1, -0.05) is 0 Å². The molecule has 1 atom stereocenters. The van der Waals surface area contributed by atoms with Crippen LogP contribution in [0.25, 0.3) is 0 Å². The van der Waals surface area contributed by atoms with Gasteiger partial charge in [0, 0.05) is 0 Å². The van der Waals surface area contributed by atoms with Crippen LogP contribution in [-0.4, -0.2) is 8.76 Å². The Kier molecular flexibility index (Phi) is 1.90. The van der Waals surface area contributed by atoms with E-state index in [0.29, 0.717) is 0 Å². The summed E-state index contributed by atoms with van der Waals surface area (Å²) < 4.78 is 23.1. The van der Waals surface area contributed by atoms with E-state index in [-0.39, 0.29) is 10.3 Å². The first-order valence-electron chi connectivity index (χ1n) is 2.06. The molecule has 0 aromatic carbocycles. The molecule has 1 heterocycles. The SMILES string of the molecule is O=S(O)c1ccc(Cl)o1. The summed E-state index contributed by atoms with van der Waals surface area (Å²) in [6, 6.07) is 2.75. The molecule has 0 aliphatic carbocycles. The molecule has 0 fully saturated rings. The summed E-state index contributed by atoms with van der Waals surface area (Å²) in [5, 5.41) is 0.0902. The summed E-state index contributed by atoms with van der Waals surface area (Å²) in [7, 11) is 0. The van der Waals surface area contributed by atoms with Gasteiger partial charge in [0.25, 0.3) is 0 Å². The van der Waals surface area contributed by atoms with Crippen LogP contribution < -0.4 is 0 Å². The maximum Gasteiger partial charge on any atom is 0.223 e. The summed E-state index contributed by atoms with van der Waals surface area (Å²) in [6.07, 6.45) is 0. The summed E-state index contributed by atoms with van der Waals surface area (Å²) in [6.45, 7) is 0. The molecule has 0 saturated heterocycles. The first-order valence-corrected chi connectivity index (χ1v) is 3.55. The maximum absolute atomic E-state index is 10.2. The molecule has 0 bridgehead atoms. The van der Waals surface area contributed by atoms with Crippen LogP contribution >= 0.6 is 11.6 Å². The lowest BCUT2D eigenvalue weighted by Gasteiger charge is -1.81. The van der Waals surface area contributed by atoms with Crippen molar-refractivity contribution in [2.45, 2.75) is 5.09 Å². The van der Waals surface area contributed by atoms with E-state index >= 15 is 0 Å². The molecule has 0 saturated carbocycles. The highest BCUT2D eigenvalue weighted by atomic mass is 35.5. The number of hydrogen-bond donors (Lipinski definition) is 1. The van der Waals surface area contributed by atoms with Crippen molar-refractivity contribution < 1.29 is 13.2 Å². The number of rotatable bonds is 1. The Bertz CT molecular complexity index is 231. The molecule has 5 heteroatoms. The Hall–Kier alpha value is -0.320. The van der Waals surface area contributed by atoms with E-state index in [9.17, 15) is 4.21 Å². The van der Waals surface area contributed by atoms with Gasteiger partial charge in [-0.25, -0.2) is 4.21 Å². The lowest BCUT2D eigenvalue weighted by Crippen LogP contribution is -1.81. The third kappa shape index (κ3) is 1.54. The standard InChI is InChI=1S/C4H3ClO3S/c5-3-1-2-4(8-3)9(6)7/h1-2H,(H,6,7). The molecule has 1 rings (SSSR count). The zero-order valence-electron chi connectivity index (χ0n) is 4.20. The number of furan rings is 1. The van der Waals surface area contributed by atoms with Gasteiger partial charge in [-0.2, -0.15) is 0 Å². The van der Waals surface area contributed by atoms with Crippen molar-refractivity contribution in [3.05, 3.63) is 17.4 Å². The van der Waals surface area contributed by atoms with Crippen LogP contribution in [0.1, 0.15) is 0 Å². The third-order valence-electron chi connectivity index (χ3n) is 0.721. The first-order chi connectivity index (χ1) is 4.20. The van der Waals surface area contributed by atoms with Crippen LogP contribution in [0.2, 0.25) is 5.22 Å². The monoisotopic (exact) mass is 166 g/mol. The third-order valence-corrected chi connectivity index (χ3v) is 1.49. The fraction of sp³-hybridized carbons (Fsp3) is 0. The molecule has 0 amide bonds. The van der Waals surface area contributed by atoms with E-state index in [2.05, 4.69) is 4.42 Å². The predicted octanol–water partition coefficient (Wildman–Crippen LogP) is 1.51. The van der Waals surface area contributed by atoms with E-state index in [0.717, 1.165) is 0 Å². The van der Waals surface area contributed by atoms with Crippen molar-refractivity contribution in [3.63, 3.8) is 0 Å². The highest BCUT2D eigenvalue weighted by Crippen LogP contribution is 2.14. The molecular formula is C4H3ClO3S. The number of halogens is 1. The Morgan fingerprint density at radius 1 is 1.67 bits per heavy atom. The van der Waals surface area contributed by atoms with Gasteiger partial charge in [0.15, 0.2) is 5.22 Å². The Balaban J connectivity index is 2.98. The topological polar surface area (TPSA) is 50.4 Å². The molecule has 1 N–H and O–H groups in total. The molecular weight excluding hydrogens is 164 g/mol. The van der Waals surface area contributed by atoms with E-state index in [1.54, 1.807) is 0 Å². The second-order valence-electron chi connectivity index (χ2n) is 1.31. The summed E-state index contributed by atoms with van der Waals surface area (Å²) >= 11 is 3.23. The summed E-state index contributed by atoms with van der Waals surface area (Å²) in [5.74, 6) is 0. The molecule has 1 unspecified atom stereocenters. The molecule has 1 aromatic heterocycles. The zero-order chi connectivity index (χ0) is 6.85. The zero-order valence-corrected chi connectivity index (χ0v) is 5.78. The largest absolute Gasteiger partial charge is 0.433 e. The normalized spacial score (nSPS) is 13.6. The minimum atomic E-state index is -2.06. The van der Waals surface area contributed by atoms with Crippen LogP contribution in [0.5, 0.6) is 0 Å². The van der Waals surface area contributed by atoms with Crippen molar-refractivity contribution in [1.82, 2.24) is 0 Å². The van der Waals surface area contributed by atoms with Crippen molar-refractivity contribution in [1.29, 1.82) is 0 Å². The van der Waals surface area contributed by atoms with Gasteiger partial charge >= 0.3 is 0 Å². The number of hydrogen-bond acceptors (Lipinski definition) is 2. The highest BCUT2D eigenvalue weighted by molar-refractivity contribution is 7.79. The van der Waals surface area contributed by atoms with Gasteiger partial charge in [0.2, 0.25) is 16.2 Å². The van der Waals surface area contributed by atoms with Crippen LogP contribution in [0.4, 0.5) is 0 Å². The minimum Gasteiger partial charge on any atom is -0.433 e. The average Bonchev–Trinajstić information content (AvgIpc) is 2.14. The van der Waals surface area contributed by atoms with Crippen LogP contribution in [-0.2, 0) is 11.1 Å². The van der Waals surface area contributed by atoms with Gasteiger partial charge in [-0.05, 0) is 23.7 Å². The molecule has 50 valence electrons. The molecule has 0 aliphatic heterocycles. The lowest BCUT2D eigenvalue weighted by molar-refractivity contribution is 0.443. The highest BCUT2D eigenvalue weighted by Gasteiger charge is 2.03. The molecule has 0 radical (unpaired) electrons. The molecule has 3 nitrogen and oxygen atoms in total. The molecule has 0 spiro atoms. The quantitative estimate of drug-likeness (QED) is 0.644. The fourth-order valence-corrected chi connectivity index (χ4v) is 0.929. The molecule has 0 aliphatic rings. The fourth-order valence-electron chi connectivity index (χ4n) is 0.392. The van der Waals surface area contributed by atoms with Gasteiger partial charge in [0.05, 0.1) is 0 Å². The van der Waals surface area contributed by atoms with Crippen LogP contribution in [0, 0.1) is 0 Å². The van der Waals surface area contributed by atoms with E-state index < -0.39 is 11.1 Å². The van der Waals surface area contributed by atoms with Crippen molar-refractivity contribution in [3.8, 4) is 0 Å². The smallest absolute Gasteiger partial charge is 0.223 e. The van der Waals surface area contributed by atoms with Gasteiger partial charge in [0.1, 0.15) is 0 Å². The minimum absolute atomic E-state index is 0.0278. The van der Waals surface area contributed by atoms with Crippen LogP contribution in [0.3, 0.4) is 0 Å². The van der Waals surface area contributed by atoms with Crippen molar-refractivity contribution in [2.24, 2.45) is 0 Å². The van der Waals surface area contributed by atoms with Crippen molar-refractivity contribution in [2.75, 3.05) is 0 Å². The average molecular weight is 167 g/mol. The van der Waals surface area contributed by atoms with Gasteiger partial charge < -0.3 is 4.42 Å². The van der Waals surface area contributed by atoms with E-state index in [1.165, 1.54) is 12.1 Å². The second kappa shape index (κ2) is 2.51. The Morgan fingerprint density at radius 3 is 2.56 bits per heavy atom. The predicted molar refractivity (Wildman–Crippen MR) is 32.8 cm³/mol. The summed E-state index contributed by atoms with van der Waals surface area (Å²) in [4.78, 5) is 0. The van der Waals surface area contributed by atoms with Gasteiger partial charge in [-0.15, -0.1) is 0 Å². The Labute approximate surface area is 58.9 Å². The first kappa shape index (κ1) is 6.80. The summed E-state index contributed by atoms with van der Waals surface area (Å²) in [5.41, 5.74) is 0. The van der Waals surface area contributed by atoms with Gasteiger partial charge in [-0.3, -0.25) is 4.55 Å². The molecule has 1 aromatic rings. The van der Waals surface area contributed by atoms with Crippen LogP contribution in [0.15, 0.2) is 21.6 Å². The second-order valence-corrected chi connectivity index (χ2v) is 2.58. The van der Waals surface area contributed by atoms with Crippen molar-refractivity contribution >= 4 is 22.7 Å². The molecule has 9 heavy (non-hydrogen) atoms.